The Morgan fingerprint density at radius 2 is 1.74 bits per heavy atom. The molecule has 1 aromatic rings. The van der Waals surface area contributed by atoms with Crippen molar-refractivity contribution in [2.24, 2.45) is 11.8 Å². The lowest BCUT2D eigenvalue weighted by atomic mass is 9.78. The third-order valence-corrected chi connectivity index (χ3v) is 4.96. The second kappa shape index (κ2) is 13.7. The van der Waals surface area contributed by atoms with Crippen LogP contribution in [0.25, 0.3) is 0 Å². The molecule has 3 heteroatoms. The summed E-state index contributed by atoms with van der Waals surface area (Å²) >= 11 is 0. The number of allylic oxidation sites excluding steroid dienone is 3. The van der Waals surface area contributed by atoms with Gasteiger partial charge in [-0.1, -0.05) is 75.8 Å². The molecule has 2 aliphatic carbocycles. The molecule has 2 N–H and O–H groups in total. The van der Waals surface area contributed by atoms with Gasteiger partial charge in [-0.05, 0) is 48.6 Å². The lowest BCUT2D eigenvalue weighted by Gasteiger charge is -2.29. The van der Waals surface area contributed by atoms with Crippen LogP contribution < -0.4 is 0 Å². The Hall–Kier alpha value is -1.42. The number of rotatable bonds is 5. The maximum atomic E-state index is 7.12. The van der Waals surface area contributed by atoms with E-state index in [-0.39, 0.29) is 0 Å². The number of hydrogen-bond donors (Lipinski definition) is 2. The molecule has 0 radical (unpaired) electrons. The SMILES string of the molecule is CC.CC(C)c1ccc(COCC2C=CC3CCCC=C3C2)cc1.OCO. The van der Waals surface area contributed by atoms with Gasteiger partial charge >= 0.3 is 0 Å². The molecule has 0 aliphatic heterocycles. The Morgan fingerprint density at radius 1 is 1.07 bits per heavy atom. The van der Waals surface area contributed by atoms with Crippen LogP contribution >= 0.6 is 0 Å². The van der Waals surface area contributed by atoms with Gasteiger partial charge in [0.1, 0.15) is 6.79 Å². The zero-order chi connectivity index (χ0) is 20.1. The van der Waals surface area contributed by atoms with Crippen molar-refractivity contribution in [3.63, 3.8) is 0 Å². The Balaban J connectivity index is 0.000000665. The van der Waals surface area contributed by atoms with Crippen molar-refractivity contribution in [2.45, 2.75) is 65.9 Å². The molecule has 2 unspecified atom stereocenters. The quantitative estimate of drug-likeness (QED) is 0.522. The highest BCUT2D eigenvalue weighted by Gasteiger charge is 2.22. The summed E-state index contributed by atoms with van der Waals surface area (Å²) in [6.07, 6.45) is 12.4. The molecule has 0 saturated carbocycles. The smallest absolute Gasteiger partial charge is 0.140 e. The summed E-state index contributed by atoms with van der Waals surface area (Å²) in [5, 5.41) is 14.2. The first-order chi connectivity index (χ1) is 13.1. The monoisotopic (exact) mass is 374 g/mol. The van der Waals surface area contributed by atoms with Gasteiger partial charge in [0, 0.05) is 5.92 Å². The van der Waals surface area contributed by atoms with Gasteiger partial charge < -0.3 is 14.9 Å². The fraction of sp³-hybridized carbons (Fsp3) is 0.583. The summed E-state index contributed by atoms with van der Waals surface area (Å²) in [7, 11) is 0. The molecule has 0 spiro atoms. The maximum absolute atomic E-state index is 7.12. The predicted molar refractivity (Wildman–Crippen MR) is 114 cm³/mol. The van der Waals surface area contributed by atoms with Crippen molar-refractivity contribution in [1.82, 2.24) is 0 Å². The standard InChI is InChI=1S/C21H28O.C2H6.CH4O2/c1-16(2)19-10-7-17(8-11-19)14-22-15-18-9-12-20-5-3-4-6-21(20)13-18;1-2;2-1-3/h6-12,16,18,20H,3-5,13-15H2,1-2H3;1-2H3;2-3H,1H2. The van der Waals surface area contributed by atoms with E-state index in [1.807, 2.05) is 13.8 Å². The number of fused-ring (bicyclic) bond motifs is 1. The van der Waals surface area contributed by atoms with Gasteiger partial charge in [-0.2, -0.15) is 0 Å². The Kier molecular flexibility index (Phi) is 12.0. The van der Waals surface area contributed by atoms with Crippen molar-refractivity contribution in [1.29, 1.82) is 0 Å². The zero-order valence-corrected chi connectivity index (χ0v) is 17.5. The minimum atomic E-state index is -0.750. The summed E-state index contributed by atoms with van der Waals surface area (Å²) in [6, 6.07) is 8.85. The molecule has 3 rings (SSSR count). The van der Waals surface area contributed by atoms with Gasteiger partial charge in [-0.25, -0.2) is 0 Å². The van der Waals surface area contributed by atoms with Crippen molar-refractivity contribution in [2.75, 3.05) is 13.4 Å². The van der Waals surface area contributed by atoms with Gasteiger partial charge in [0.05, 0.1) is 13.2 Å². The van der Waals surface area contributed by atoms with Crippen LogP contribution in [0.5, 0.6) is 0 Å². The normalized spacial score (nSPS) is 20.6. The van der Waals surface area contributed by atoms with Crippen LogP contribution in [0.2, 0.25) is 0 Å². The topological polar surface area (TPSA) is 49.7 Å². The third kappa shape index (κ3) is 8.42. The van der Waals surface area contributed by atoms with E-state index in [0.717, 1.165) is 19.1 Å². The van der Waals surface area contributed by atoms with Gasteiger partial charge in [0.2, 0.25) is 0 Å². The van der Waals surface area contributed by atoms with Crippen LogP contribution in [0.15, 0.2) is 48.1 Å². The molecule has 3 nitrogen and oxygen atoms in total. The number of benzene rings is 1. The third-order valence-electron chi connectivity index (χ3n) is 4.96. The fourth-order valence-corrected chi connectivity index (χ4v) is 3.52. The van der Waals surface area contributed by atoms with Gasteiger partial charge in [0.25, 0.3) is 0 Å². The average Bonchev–Trinajstić information content (AvgIpc) is 2.70. The van der Waals surface area contributed by atoms with Gasteiger partial charge in [-0.15, -0.1) is 0 Å². The summed E-state index contributed by atoms with van der Waals surface area (Å²) < 4.78 is 5.96. The molecule has 1 aromatic carbocycles. The molecule has 0 saturated heterocycles. The molecule has 0 fully saturated rings. The van der Waals surface area contributed by atoms with Crippen LogP contribution in [0.4, 0.5) is 0 Å². The largest absolute Gasteiger partial charge is 0.376 e. The highest BCUT2D eigenvalue weighted by molar-refractivity contribution is 5.24. The molecule has 27 heavy (non-hydrogen) atoms. The predicted octanol–water partition coefficient (Wildman–Crippen LogP) is 5.58. The summed E-state index contributed by atoms with van der Waals surface area (Å²) in [6.45, 7) is 9.28. The van der Waals surface area contributed by atoms with E-state index in [2.05, 4.69) is 56.3 Å². The lowest BCUT2D eigenvalue weighted by molar-refractivity contribution is 0.0773. The van der Waals surface area contributed by atoms with Crippen LogP contribution in [0, 0.1) is 11.8 Å². The van der Waals surface area contributed by atoms with Crippen LogP contribution in [-0.4, -0.2) is 23.6 Å². The van der Waals surface area contributed by atoms with Gasteiger partial charge in [-0.3, -0.25) is 0 Å². The van der Waals surface area contributed by atoms with Crippen LogP contribution in [-0.2, 0) is 11.3 Å². The second-order valence-electron chi connectivity index (χ2n) is 7.22. The van der Waals surface area contributed by atoms with Crippen molar-refractivity contribution in [3.8, 4) is 0 Å². The van der Waals surface area contributed by atoms with E-state index in [1.54, 1.807) is 5.57 Å². The molecule has 2 atom stereocenters. The van der Waals surface area contributed by atoms with E-state index < -0.39 is 6.79 Å². The van der Waals surface area contributed by atoms with Crippen molar-refractivity contribution in [3.05, 3.63) is 59.2 Å². The minimum Gasteiger partial charge on any atom is -0.376 e. The first-order valence-electron chi connectivity index (χ1n) is 10.4. The summed E-state index contributed by atoms with van der Waals surface area (Å²) in [5.74, 6) is 1.89. The molecule has 152 valence electrons. The van der Waals surface area contributed by atoms with E-state index >= 15 is 0 Å². The number of aliphatic hydroxyl groups is 2. The zero-order valence-electron chi connectivity index (χ0n) is 17.5. The Bertz CT molecular complexity index is 557. The van der Waals surface area contributed by atoms with E-state index in [0.29, 0.717) is 11.8 Å². The molecular formula is C24H38O3. The highest BCUT2D eigenvalue weighted by atomic mass is 16.5. The van der Waals surface area contributed by atoms with Crippen molar-refractivity contribution < 1.29 is 14.9 Å². The summed E-state index contributed by atoms with van der Waals surface area (Å²) in [4.78, 5) is 0. The second-order valence-corrected chi connectivity index (χ2v) is 7.22. The average molecular weight is 375 g/mol. The van der Waals surface area contributed by atoms with E-state index in [9.17, 15) is 0 Å². The fourth-order valence-electron chi connectivity index (χ4n) is 3.52. The molecule has 0 heterocycles. The Labute approximate surface area is 165 Å². The van der Waals surface area contributed by atoms with Crippen LogP contribution in [0.1, 0.15) is 70.4 Å². The van der Waals surface area contributed by atoms with Crippen molar-refractivity contribution >= 4 is 0 Å². The summed E-state index contributed by atoms with van der Waals surface area (Å²) in [5.41, 5.74) is 4.33. The molecule has 2 aliphatic rings. The number of aliphatic hydroxyl groups excluding tert-OH is 1. The first kappa shape index (κ1) is 23.6. The lowest BCUT2D eigenvalue weighted by Crippen LogP contribution is -2.18. The maximum Gasteiger partial charge on any atom is 0.140 e. The van der Waals surface area contributed by atoms with Gasteiger partial charge in [0.15, 0.2) is 0 Å². The molecule has 0 bridgehead atoms. The van der Waals surface area contributed by atoms with E-state index in [4.69, 9.17) is 14.9 Å². The first-order valence-corrected chi connectivity index (χ1v) is 10.4. The highest BCUT2D eigenvalue weighted by Crippen LogP contribution is 2.35. The Morgan fingerprint density at radius 3 is 2.37 bits per heavy atom. The molecule has 0 aromatic heterocycles. The number of hydrogen-bond acceptors (Lipinski definition) is 3. The molecular weight excluding hydrogens is 336 g/mol. The number of ether oxygens (including phenoxy) is 1. The van der Waals surface area contributed by atoms with E-state index in [1.165, 1.54) is 36.8 Å². The molecule has 0 amide bonds. The minimum absolute atomic E-state index is 0.565. The van der Waals surface area contributed by atoms with Crippen LogP contribution in [0.3, 0.4) is 0 Å².